The zero-order valence-corrected chi connectivity index (χ0v) is 15.0. The van der Waals surface area contributed by atoms with Gasteiger partial charge >= 0.3 is 0 Å². The summed E-state index contributed by atoms with van der Waals surface area (Å²) < 4.78 is 0. The van der Waals surface area contributed by atoms with E-state index in [2.05, 4.69) is 62.4 Å². The van der Waals surface area contributed by atoms with E-state index in [0.29, 0.717) is 0 Å². The van der Waals surface area contributed by atoms with Crippen molar-refractivity contribution >= 4 is 0 Å². The summed E-state index contributed by atoms with van der Waals surface area (Å²) in [6, 6.07) is 29.0. The summed E-state index contributed by atoms with van der Waals surface area (Å²) in [4.78, 5) is 9.77. The van der Waals surface area contributed by atoms with E-state index in [-0.39, 0.29) is 0 Å². The number of hydrogen-bond donors (Lipinski definition) is 0. The average molecular weight is 336 g/mol. The summed E-state index contributed by atoms with van der Waals surface area (Å²) in [5.74, 6) is 0. The lowest BCUT2D eigenvalue weighted by atomic mass is 10.1. The fraction of sp³-hybridized carbons (Fsp3) is 0.0833. The van der Waals surface area contributed by atoms with E-state index in [1.165, 1.54) is 11.1 Å². The summed E-state index contributed by atoms with van der Waals surface area (Å²) >= 11 is 0. The monoisotopic (exact) mass is 336 g/mol. The fourth-order valence-electron chi connectivity index (χ4n) is 3.11. The van der Waals surface area contributed by atoms with Gasteiger partial charge in [0.15, 0.2) is 0 Å². The Hall–Kier alpha value is -3.26. The summed E-state index contributed by atoms with van der Waals surface area (Å²) in [6.07, 6.45) is 0. The van der Waals surface area contributed by atoms with Crippen molar-refractivity contribution in [2.75, 3.05) is 0 Å². The van der Waals surface area contributed by atoms with Gasteiger partial charge in [0.2, 0.25) is 0 Å². The standard InChI is InChI=1S/C24H20N2/c1-17-13-21(19-9-5-3-6-10-19)25-23(15-17)24-16-18(2)14-22(26-24)20-11-7-4-8-12-20/h3-16H,1-2H3. The molecule has 2 aromatic heterocycles. The Labute approximate surface area is 154 Å². The van der Waals surface area contributed by atoms with Gasteiger partial charge in [-0.2, -0.15) is 0 Å². The molecule has 4 rings (SSSR count). The molecule has 0 bridgehead atoms. The molecule has 2 aromatic carbocycles. The van der Waals surface area contributed by atoms with Crippen LogP contribution in [-0.2, 0) is 0 Å². The van der Waals surface area contributed by atoms with E-state index in [1.807, 2.05) is 36.4 Å². The summed E-state index contributed by atoms with van der Waals surface area (Å²) in [5.41, 5.74) is 8.36. The number of pyridine rings is 2. The Balaban J connectivity index is 1.83. The molecule has 0 amide bonds. The van der Waals surface area contributed by atoms with Gasteiger partial charge in [-0.1, -0.05) is 60.7 Å². The Morgan fingerprint density at radius 2 is 0.808 bits per heavy atom. The van der Waals surface area contributed by atoms with Crippen LogP contribution in [0.25, 0.3) is 33.9 Å². The highest BCUT2D eigenvalue weighted by atomic mass is 14.8. The second-order valence-corrected chi connectivity index (χ2v) is 6.56. The van der Waals surface area contributed by atoms with E-state index in [4.69, 9.17) is 9.97 Å². The number of benzene rings is 2. The number of aryl methyl sites for hydroxylation is 2. The fourth-order valence-corrected chi connectivity index (χ4v) is 3.11. The Bertz CT molecular complexity index is 951. The summed E-state index contributed by atoms with van der Waals surface area (Å²) in [6.45, 7) is 4.21. The maximum atomic E-state index is 4.89. The highest BCUT2D eigenvalue weighted by molar-refractivity contribution is 5.69. The Morgan fingerprint density at radius 3 is 1.19 bits per heavy atom. The van der Waals surface area contributed by atoms with Crippen molar-refractivity contribution in [2.45, 2.75) is 13.8 Å². The van der Waals surface area contributed by atoms with Crippen LogP contribution in [0, 0.1) is 13.8 Å². The second-order valence-electron chi connectivity index (χ2n) is 6.56. The van der Waals surface area contributed by atoms with Crippen LogP contribution in [0.3, 0.4) is 0 Å². The van der Waals surface area contributed by atoms with Gasteiger partial charge < -0.3 is 0 Å². The predicted octanol–water partition coefficient (Wildman–Crippen LogP) is 6.09. The normalized spacial score (nSPS) is 10.7. The topological polar surface area (TPSA) is 25.8 Å². The molecule has 0 unspecified atom stereocenters. The van der Waals surface area contributed by atoms with Gasteiger partial charge in [-0.25, -0.2) is 9.97 Å². The Morgan fingerprint density at radius 1 is 0.462 bits per heavy atom. The molecule has 0 saturated carbocycles. The predicted molar refractivity (Wildman–Crippen MR) is 108 cm³/mol. The SMILES string of the molecule is Cc1cc(-c2ccccc2)nc(-c2cc(C)cc(-c3ccccc3)n2)c1. The molecule has 0 aliphatic rings. The first kappa shape index (κ1) is 16.2. The van der Waals surface area contributed by atoms with Gasteiger partial charge in [-0.05, 0) is 49.2 Å². The first-order valence-corrected chi connectivity index (χ1v) is 8.78. The van der Waals surface area contributed by atoms with Gasteiger partial charge in [-0.3, -0.25) is 0 Å². The highest BCUT2D eigenvalue weighted by Gasteiger charge is 2.09. The lowest BCUT2D eigenvalue weighted by Gasteiger charge is -2.10. The van der Waals surface area contributed by atoms with Gasteiger partial charge in [0.25, 0.3) is 0 Å². The van der Waals surface area contributed by atoms with Crippen molar-refractivity contribution in [1.29, 1.82) is 0 Å². The molecule has 0 radical (unpaired) electrons. The molecule has 0 atom stereocenters. The van der Waals surface area contributed by atoms with Crippen LogP contribution in [0.1, 0.15) is 11.1 Å². The zero-order chi connectivity index (χ0) is 17.9. The largest absolute Gasteiger partial charge is 0.246 e. The van der Waals surface area contributed by atoms with Gasteiger partial charge in [0.05, 0.1) is 22.8 Å². The average Bonchev–Trinajstić information content (AvgIpc) is 2.68. The zero-order valence-electron chi connectivity index (χ0n) is 15.0. The lowest BCUT2D eigenvalue weighted by molar-refractivity contribution is 1.22. The third-order valence-electron chi connectivity index (χ3n) is 4.34. The lowest BCUT2D eigenvalue weighted by Crippen LogP contribution is -1.95. The first-order chi connectivity index (χ1) is 12.7. The van der Waals surface area contributed by atoms with Crippen molar-refractivity contribution < 1.29 is 0 Å². The minimum absolute atomic E-state index is 0.907. The molecule has 126 valence electrons. The number of nitrogens with zero attached hydrogens (tertiary/aromatic N) is 2. The molecule has 0 N–H and O–H groups in total. The van der Waals surface area contributed by atoms with E-state index in [1.54, 1.807) is 0 Å². The molecule has 26 heavy (non-hydrogen) atoms. The molecule has 2 heteroatoms. The summed E-state index contributed by atoms with van der Waals surface area (Å²) in [7, 11) is 0. The Kier molecular flexibility index (Phi) is 4.32. The molecular formula is C24H20N2. The van der Waals surface area contributed by atoms with Crippen molar-refractivity contribution in [2.24, 2.45) is 0 Å². The van der Waals surface area contributed by atoms with Crippen LogP contribution in [0.15, 0.2) is 84.9 Å². The molecule has 0 aliphatic heterocycles. The molecule has 2 heterocycles. The maximum Gasteiger partial charge on any atom is 0.0896 e. The third kappa shape index (κ3) is 3.40. The molecule has 0 saturated heterocycles. The van der Waals surface area contributed by atoms with E-state index in [9.17, 15) is 0 Å². The van der Waals surface area contributed by atoms with Crippen LogP contribution in [0.2, 0.25) is 0 Å². The van der Waals surface area contributed by atoms with Gasteiger partial charge in [-0.15, -0.1) is 0 Å². The maximum absolute atomic E-state index is 4.89. The van der Waals surface area contributed by atoms with E-state index < -0.39 is 0 Å². The molecule has 4 aromatic rings. The minimum Gasteiger partial charge on any atom is -0.246 e. The van der Waals surface area contributed by atoms with Crippen molar-refractivity contribution in [3.05, 3.63) is 96.1 Å². The number of hydrogen-bond acceptors (Lipinski definition) is 2. The van der Waals surface area contributed by atoms with Crippen molar-refractivity contribution in [1.82, 2.24) is 9.97 Å². The second kappa shape index (κ2) is 6.93. The van der Waals surface area contributed by atoms with Crippen LogP contribution in [0.5, 0.6) is 0 Å². The molecule has 0 spiro atoms. The van der Waals surface area contributed by atoms with Crippen molar-refractivity contribution in [3.63, 3.8) is 0 Å². The minimum atomic E-state index is 0.907. The number of aromatic nitrogens is 2. The third-order valence-corrected chi connectivity index (χ3v) is 4.34. The van der Waals surface area contributed by atoms with Crippen LogP contribution >= 0.6 is 0 Å². The smallest absolute Gasteiger partial charge is 0.0896 e. The summed E-state index contributed by atoms with van der Waals surface area (Å²) in [5, 5.41) is 0. The van der Waals surface area contributed by atoms with E-state index in [0.717, 1.165) is 33.9 Å². The van der Waals surface area contributed by atoms with Crippen LogP contribution in [0.4, 0.5) is 0 Å². The van der Waals surface area contributed by atoms with Crippen molar-refractivity contribution in [3.8, 4) is 33.9 Å². The molecule has 2 nitrogen and oxygen atoms in total. The van der Waals surface area contributed by atoms with E-state index >= 15 is 0 Å². The first-order valence-electron chi connectivity index (χ1n) is 8.78. The van der Waals surface area contributed by atoms with Gasteiger partial charge in [0, 0.05) is 11.1 Å². The van der Waals surface area contributed by atoms with Gasteiger partial charge in [0.1, 0.15) is 0 Å². The number of rotatable bonds is 3. The molecular weight excluding hydrogens is 316 g/mol. The van der Waals surface area contributed by atoms with Crippen LogP contribution < -0.4 is 0 Å². The quantitative estimate of drug-likeness (QED) is 0.452. The molecule has 0 fully saturated rings. The van der Waals surface area contributed by atoms with Crippen LogP contribution in [-0.4, -0.2) is 9.97 Å². The molecule has 0 aliphatic carbocycles. The highest BCUT2D eigenvalue weighted by Crippen LogP contribution is 2.27.